The number of thiophene rings is 1. The van der Waals surface area contributed by atoms with Gasteiger partial charge in [-0.15, -0.1) is 11.3 Å². The number of fused-ring (bicyclic) bond motifs is 1. The van der Waals surface area contributed by atoms with Gasteiger partial charge in [-0.3, -0.25) is 4.90 Å². The van der Waals surface area contributed by atoms with E-state index in [0.29, 0.717) is 24.1 Å². The molecule has 0 aliphatic heterocycles. The zero-order valence-corrected chi connectivity index (χ0v) is 13.0. The number of hydrogen-bond donors (Lipinski definition) is 0. The molecule has 2 aromatic heterocycles. The van der Waals surface area contributed by atoms with Gasteiger partial charge >= 0.3 is 0 Å². The summed E-state index contributed by atoms with van der Waals surface area (Å²) < 4.78 is 13.2. The van der Waals surface area contributed by atoms with Gasteiger partial charge in [-0.25, -0.2) is 14.4 Å². The number of halogens is 2. The van der Waals surface area contributed by atoms with Crippen LogP contribution in [-0.2, 0) is 13.1 Å². The van der Waals surface area contributed by atoms with Crippen LogP contribution in [0.2, 0.25) is 5.15 Å². The summed E-state index contributed by atoms with van der Waals surface area (Å²) in [5, 5.41) is 3.32. The molecule has 2 heterocycles. The van der Waals surface area contributed by atoms with E-state index >= 15 is 0 Å². The number of benzene rings is 1. The Kier molecular flexibility index (Phi) is 4.14. The van der Waals surface area contributed by atoms with Crippen LogP contribution in [0, 0.1) is 5.82 Å². The molecule has 0 saturated heterocycles. The molecule has 0 spiro atoms. The summed E-state index contributed by atoms with van der Waals surface area (Å²) >= 11 is 7.70. The van der Waals surface area contributed by atoms with Gasteiger partial charge in [0.1, 0.15) is 21.6 Å². The number of aromatic nitrogens is 2. The first-order chi connectivity index (χ1) is 10.1. The fourth-order valence-electron chi connectivity index (χ4n) is 2.18. The Morgan fingerprint density at radius 2 is 2.10 bits per heavy atom. The zero-order chi connectivity index (χ0) is 14.8. The van der Waals surface area contributed by atoms with Crippen LogP contribution in [0.4, 0.5) is 4.39 Å². The third kappa shape index (κ3) is 3.37. The van der Waals surface area contributed by atoms with E-state index in [1.54, 1.807) is 17.4 Å². The van der Waals surface area contributed by atoms with Crippen LogP contribution >= 0.6 is 22.9 Å². The minimum atomic E-state index is -0.222. The molecule has 6 heteroatoms. The van der Waals surface area contributed by atoms with Crippen molar-refractivity contribution in [3.8, 4) is 0 Å². The monoisotopic (exact) mass is 321 g/mol. The van der Waals surface area contributed by atoms with Crippen molar-refractivity contribution in [3.63, 3.8) is 0 Å². The van der Waals surface area contributed by atoms with Crippen molar-refractivity contribution >= 4 is 33.2 Å². The highest BCUT2D eigenvalue weighted by Gasteiger charge is 2.09. The van der Waals surface area contributed by atoms with Crippen molar-refractivity contribution in [2.24, 2.45) is 0 Å². The van der Waals surface area contributed by atoms with Crippen LogP contribution in [-0.4, -0.2) is 21.9 Å². The van der Waals surface area contributed by atoms with Crippen molar-refractivity contribution in [2.75, 3.05) is 7.05 Å². The summed E-state index contributed by atoms with van der Waals surface area (Å²) in [6, 6.07) is 8.51. The van der Waals surface area contributed by atoms with Gasteiger partial charge in [-0.2, -0.15) is 0 Å². The summed E-state index contributed by atoms with van der Waals surface area (Å²) in [7, 11) is 1.95. The summed E-state index contributed by atoms with van der Waals surface area (Å²) in [4.78, 5) is 11.7. The Bertz CT molecular complexity index is 774. The van der Waals surface area contributed by atoms with E-state index < -0.39 is 0 Å². The van der Waals surface area contributed by atoms with Gasteiger partial charge in [-0.05, 0) is 36.2 Å². The van der Waals surface area contributed by atoms with E-state index in [1.807, 2.05) is 29.5 Å². The van der Waals surface area contributed by atoms with E-state index in [-0.39, 0.29) is 5.82 Å². The average molecular weight is 322 g/mol. The Balaban J connectivity index is 1.75. The van der Waals surface area contributed by atoms with Crippen LogP contribution in [0.25, 0.3) is 10.2 Å². The molecule has 0 fully saturated rings. The van der Waals surface area contributed by atoms with Crippen LogP contribution in [0.3, 0.4) is 0 Å². The molecule has 0 atom stereocenters. The Hall–Kier alpha value is -1.56. The molecule has 0 N–H and O–H groups in total. The zero-order valence-electron chi connectivity index (χ0n) is 11.4. The van der Waals surface area contributed by atoms with Crippen molar-refractivity contribution in [3.05, 3.63) is 58.1 Å². The first-order valence-corrected chi connectivity index (χ1v) is 7.70. The van der Waals surface area contributed by atoms with E-state index in [4.69, 9.17) is 11.6 Å². The highest BCUT2D eigenvalue weighted by molar-refractivity contribution is 7.16. The summed E-state index contributed by atoms with van der Waals surface area (Å²) in [6.45, 7) is 1.19. The largest absolute Gasteiger partial charge is 0.295 e. The lowest BCUT2D eigenvalue weighted by atomic mass is 10.2. The molecule has 0 radical (unpaired) electrons. The van der Waals surface area contributed by atoms with Gasteiger partial charge in [0, 0.05) is 11.9 Å². The highest BCUT2D eigenvalue weighted by atomic mass is 35.5. The maximum absolute atomic E-state index is 13.2. The molecule has 21 heavy (non-hydrogen) atoms. The second-order valence-electron chi connectivity index (χ2n) is 4.87. The SMILES string of the molecule is CN(Cc1cccc(F)c1)Cc1nc(Cl)c2ccsc2n1. The third-order valence-electron chi connectivity index (χ3n) is 3.08. The predicted octanol–water partition coefficient (Wildman–Crippen LogP) is 4.12. The molecule has 0 unspecified atom stereocenters. The lowest BCUT2D eigenvalue weighted by molar-refractivity contribution is 0.310. The van der Waals surface area contributed by atoms with Gasteiger partial charge in [-0.1, -0.05) is 23.7 Å². The number of hydrogen-bond acceptors (Lipinski definition) is 4. The maximum atomic E-state index is 13.2. The Morgan fingerprint density at radius 1 is 1.24 bits per heavy atom. The van der Waals surface area contributed by atoms with Gasteiger partial charge in [0.05, 0.1) is 6.54 Å². The highest BCUT2D eigenvalue weighted by Crippen LogP contribution is 2.25. The van der Waals surface area contributed by atoms with Gasteiger partial charge < -0.3 is 0 Å². The van der Waals surface area contributed by atoms with E-state index in [0.717, 1.165) is 15.8 Å². The normalized spacial score (nSPS) is 11.4. The number of rotatable bonds is 4. The van der Waals surface area contributed by atoms with Gasteiger partial charge in [0.15, 0.2) is 0 Å². The summed E-state index contributed by atoms with van der Waals surface area (Å²) in [6.07, 6.45) is 0. The lowest BCUT2D eigenvalue weighted by Gasteiger charge is -2.15. The maximum Gasteiger partial charge on any atom is 0.145 e. The summed E-state index contributed by atoms with van der Waals surface area (Å²) in [5.41, 5.74) is 0.917. The second-order valence-corrected chi connectivity index (χ2v) is 6.12. The minimum absolute atomic E-state index is 0.222. The van der Waals surface area contributed by atoms with Crippen LogP contribution in [0.1, 0.15) is 11.4 Å². The van der Waals surface area contributed by atoms with Crippen LogP contribution in [0.15, 0.2) is 35.7 Å². The van der Waals surface area contributed by atoms with Crippen LogP contribution < -0.4 is 0 Å². The number of nitrogens with zero attached hydrogens (tertiary/aromatic N) is 3. The molecular weight excluding hydrogens is 309 g/mol. The predicted molar refractivity (Wildman–Crippen MR) is 84.0 cm³/mol. The van der Waals surface area contributed by atoms with Gasteiger partial charge in [0.2, 0.25) is 0 Å². The molecule has 1 aromatic carbocycles. The molecule has 3 nitrogen and oxygen atoms in total. The smallest absolute Gasteiger partial charge is 0.145 e. The molecule has 3 rings (SSSR count). The third-order valence-corrected chi connectivity index (χ3v) is 4.17. The molecule has 0 amide bonds. The summed E-state index contributed by atoms with van der Waals surface area (Å²) in [5.74, 6) is 0.453. The van der Waals surface area contributed by atoms with E-state index in [1.165, 1.54) is 12.1 Å². The Labute approximate surface area is 131 Å². The first kappa shape index (κ1) is 14.4. The fourth-order valence-corrected chi connectivity index (χ4v) is 3.26. The second kappa shape index (κ2) is 6.05. The molecule has 0 saturated carbocycles. The molecular formula is C15H13ClFN3S. The molecule has 0 aliphatic carbocycles. The Morgan fingerprint density at radius 3 is 2.90 bits per heavy atom. The lowest BCUT2D eigenvalue weighted by Crippen LogP contribution is -2.19. The van der Waals surface area contributed by atoms with Crippen molar-refractivity contribution in [2.45, 2.75) is 13.1 Å². The molecule has 3 aromatic rings. The first-order valence-electron chi connectivity index (χ1n) is 6.44. The van der Waals surface area contributed by atoms with Crippen molar-refractivity contribution in [1.82, 2.24) is 14.9 Å². The van der Waals surface area contributed by atoms with Crippen LogP contribution in [0.5, 0.6) is 0 Å². The van der Waals surface area contributed by atoms with Crippen molar-refractivity contribution < 1.29 is 4.39 Å². The quantitative estimate of drug-likeness (QED) is 0.677. The standard InChI is InChI=1S/C15H13ClFN3S/c1-20(8-10-3-2-4-11(17)7-10)9-13-18-14(16)12-5-6-21-15(12)19-13/h2-7H,8-9H2,1H3. The average Bonchev–Trinajstić information content (AvgIpc) is 2.87. The fraction of sp³-hybridized carbons (Fsp3) is 0.200. The molecule has 0 aliphatic rings. The van der Waals surface area contributed by atoms with Gasteiger partial charge in [0.25, 0.3) is 0 Å². The van der Waals surface area contributed by atoms with E-state index in [9.17, 15) is 4.39 Å². The van der Waals surface area contributed by atoms with E-state index in [2.05, 4.69) is 9.97 Å². The van der Waals surface area contributed by atoms with Crippen molar-refractivity contribution in [1.29, 1.82) is 0 Å². The molecule has 0 bridgehead atoms. The topological polar surface area (TPSA) is 29.0 Å². The molecule has 108 valence electrons. The minimum Gasteiger partial charge on any atom is -0.295 e.